The zero-order chi connectivity index (χ0) is 21.2. The quantitative estimate of drug-likeness (QED) is 0.318. The summed E-state index contributed by atoms with van der Waals surface area (Å²) >= 11 is 0. The Balaban J connectivity index is 1.92. The number of hydrogen-bond donors (Lipinski definition) is 2. The smallest absolute Gasteiger partial charge is 0.337 e. The van der Waals surface area contributed by atoms with E-state index in [1.807, 2.05) is 6.92 Å². The Morgan fingerprint density at radius 1 is 1.00 bits per heavy atom. The molecule has 2 N–H and O–H groups in total. The van der Waals surface area contributed by atoms with Gasteiger partial charge in [0.1, 0.15) is 0 Å². The molecular weight excluding hydrogens is 378 g/mol. The maximum Gasteiger partial charge on any atom is 0.337 e. The van der Waals surface area contributed by atoms with E-state index < -0.39 is 17.8 Å². The lowest BCUT2D eigenvalue weighted by Gasteiger charge is -2.09. The van der Waals surface area contributed by atoms with Crippen molar-refractivity contribution in [1.82, 2.24) is 5.43 Å². The van der Waals surface area contributed by atoms with E-state index in [4.69, 9.17) is 9.47 Å². The summed E-state index contributed by atoms with van der Waals surface area (Å²) in [6, 6.07) is 11.0. The van der Waals surface area contributed by atoms with Gasteiger partial charge < -0.3 is 19.5 Å². The van der Waals surface area contributed by atoms with E-state index in [0.29, 0.717) is 34.9 Å². The number of methoxy groups -OCH3 is 2. The normalized spacial score (nSPS) is 10.3. The molecule has 0 heterocycles. The van der Waals surface area contributed by atoms with E-state index in [1.165, 1.54) is 44.7 Å². The summed E-state index contributed by atoms with van der Waals surface area (Å²) in [7, 11) is 2.79. The summed E-state index contributed by atoms with van der Waals surface area (Å²) in [5.41, 5.74) is 3.45. The van der Waals surface area contributed by atoms with Crippen LogP contribution < -0.4 is 20.2 Å². The van der Waals surface area contributed by atoms with Crippen molar-refractivity contribution in [2.24, 2.45) is 5.10 Å². The van der Waals surface area contributed by atoms with Gasteiger partial charge >= 0.3 is 17.8 Å². The fraction of sp³-hybridized carbons (Fsp3) is 0.200. The van der Waals surface area contributed by atoms with Crippen LogP contribution in [0.3, 0.4) is 0 Å². The molecule has 9 nitrogen and oxygen atoms in total. The first-order valence-electron chi connectivity index (χ1n) is 8.62. The van der Waals surface area contributed by atoms with E-state index in [1.54, 1.807) is 18.2 Å². The Morgan fingerprint density at radius 2 is 1.72 bits per heavy atom. The molecule has 2 rings (SSSR count). The van der Waals surface area contributed by atoms with Crippen molar-refractivity contribution in [3.05, 3.63) is 53.6 Å². The topological polar surface area (TPSA) is 115 Å². The van der Waals surface area contributed by atoms with E-state index in [0.717, 1.165) is 0 Å². The summed E-state index contributed by atoms with van der Waals surface area (Å²) in [6.45, 7) is 2.36. The highest BCUT2D eigenvalue weighted by Crippen LogP contribution is 2.27. The van der Waals surface area contributed by atoms with Crippen LogP contribution in [0.1, 0.15) is 22.8 Å². The third-order valence-electron chi connectivity index (χ3n) is 3.64. The molecule has 0 aliphatic rings. The van der Waals surface area contributed by atoms with Gasteiger partial charge in [0.05, 0.1) is 32.6 Å². The molecule has 0 atom stereocenters. The summed E-state index contributed by atoms with van der Waals surface area (Å²) in [5.74, 6) is -1.24. The number of rotatable bonds is 7. The molecule has 0 aliphatic carbocycles. The second-order valence-electron chi connectivity index (χ2n) is 5.57. The highest BCUT2D eigenvalue weighted by molar-refractivity contribution is 6.39. The van der Waals surface area contributed by atoms with E-state index in [-0.39, 0.29) is 0 Å². The van der Waals surface area contributed by atoms with Crippen LogP contribution in [0.2, 0.25) is 0 Å². The molecule has 0 fully saturated rings. The number of amides is 2. The van der Waals surface area contributed by atoms with Crippen LogP contribution in [0.4, 0.5) is 5.69 Å². The molecule has 152 valence electrons. The number of carbonyl (C=O) groups is 3. The number of nitrogens with one attached hydrogen (secondary N) is 2. The predicted octanol–water partition coefficient (Wildman–Crippen LogP) is 1.97. The molecule has 9 heteroatoms. The number of benzene rings is 2. The third-order valence-corrected chi connectivity index (χ3v) is 3.64. The highest BCUT2D eigenvalue weighted by Gasteiger charge is 2.13. The SMILES string of the molecule is CCOc1ccc(/C=N\NC(=O)C(=O)Nc2ccc(C(=O)OC)cc2)cc1OC. The monoisotopic (exact) mass is 399 g/mol. The molecule has 2 amide bonds. The van der Waals surface area contributed by atoms with Crippen LogP contribution in [-0.2, 0) is 14.3 Å². The molecule has 0 saturated heterocycles. The van der Waals surface area contributed by atoms with Gasteiger partial charge in [-0.15, -0.1) is 0 Å². The van der Waals surface area contributed by atoms with Crippen molar-refractivity contribution in [1.29, 1.82) is 0 Å². The lowest BCUT2D eigenvalue weighted by Crippen LogP contribution is -2.32. The van der Waals surface area contributed by atoms with Gasteiger partial charge in [0, 0.05) is 5.69 Å². The van der Waals surface area contributed by atoms with Gasteiger partial charge in [0.2, 0.25) is 0 Å². The van der Waals surface area contributed by atoms with E-state index in [9.17, 15) is 14.4 Å². The molecule has 0 saturated carbocycles. The number of ether oxygens (including phenoxy) is 3. The molecule has 29 heavy (non-hydrogen) atoms. The maximum atomic E-state index is 11.9. The molecule has 0 unspecified atom stereocenters. The fourth-order valence-electron chi connectivity index (χ4n) is 2.25. The third kappa shape index (κ3) is 6.06. The van der Waals surface area contributed by atoms with Crippen LogP contribution in [0.5, 0.6) is 11.5 Å². The predicted molar refractivity (Wildman–Crippen MR) is 106 cm³/mol. The van der Waals surface area contributed by atoms with Gasteiger partial charge in [-0.2, -0.15) is 5.10 Å². The van der Waals surface area contributed by atoms with Crippen LogP contribution in [0.15, 0.2) is 47.6 Å². The molecular formula is C20H21N3O6. The first-order chi connectivity index (χ1) is 14.0. The summed E-state index contributed by atoms with van der Waals surface area (Å²) in [4.78, 5) is 35.2. The minimum Gasteiger partial charge on any atom is -0.493 e. The lowest BCUT2D eigenvalue weighted by molar-refractivity contribution is -0.136. The van der Waals surface area contributed by atoms with Crippen molar-refractivity contribution < 1.29 is 28.6 Å². The van der Waals surface area contributed by atoms with E-state index >= 15 is 0 Å². The van der Waals surface area contributed by atoms with Crippen LogP contribution in [0.25, 0.3) is 0 Å². The number of anilines is 1. The summed E-state index contributed by atoms with van der Waals surface area (Å²) < 4.78 is 15.2. The number of hydrazone groups is 1. The maximum absolute atomic E-state index is 11.9. The Bertz CT molecular complexity index is 909. The Morgan fingerprint density at radius 3 is 2.34 bits per heavy atom. The lowest BCUT2D eigenvalue weighted by atomic mass is 10.2. The zero-order valence-electron chi connectivity index (χ0n) is 16.2. The average molecular weight is 399 g/mol. The number of nitrogens with zero attached hydrogens (tertiary/aromatic N) is 1. The van der Waals surface area contributed by atoms with Crippen LogP contribution in [-0.4, -0.2) is 44.8 Å². The number of carbonyl (C=O) groups excluding carboxylic acids is 3. The van der Waals surface area contributed by atoms with E-state index in [2.05, 4.69) is 20.6 Å². The standard InChI is InChI=1S/C20H21N3O6/c1-4-29-16-10-5-13(11-17(16)27-2)12-21-23-19(25)18(24)22-15-8-6-14(7-9-15)20(26)28-3/h5-12H,4H2,1-3H3,(H,22,24)(H,23,25)/b21-12-. The highest BCUT2D eigenvalue weighted by atomic mass is 16.5. The summed E-state index contributed by atoms with van der Waals surface area (Å²) in [5, 5.41) is 6.16. The minimum atomic E-state index is -0.948. The second-order valence-corrected chi connectivity index (χ2v) is 5.57. The average Bonchev–Trinajstić information content (AvgIpc) is 2.74. The van der Waals surface area contributed by atoms with Gasteiger partial charge in [-0.25, -0.2) is 10.2 Å². The van der Waals surface area contributed by atoms with Crippen molar-refractivity contribution in [2.75, 3.05) is 26.1 Å². The van der Waals surface area contributed by atoms with Gasteiger partial charge in [-0.3, -0.25) is 9.59 Å². The minimum absolute atomic E-state index is 0.324. The van der Waals surface area contributed by atoms with Gasteiger partial charge in [0.15, 0.2) is 11.5 Å². The Labute approximate surface area is 167 Å². The van der Waals surface area contributed by atoms with Crippen molar-refractivity contribution in [2.45, 2.75) is 6.92 Å². The largest absolute Gasteiger partial charge is 0.493 e. The summed E-state index contributed by atoms with van der Waals surface area (Å²) in [6.07, 6.45) is 1.37. The van der Waals surface area contributed by atoms with Gasteiger partial charge in [0.25, 0.3) is 0 Å². The molecule has 2 aromatic rings. The first kappa shape index (κ1) is 21.4. The first-order valence-corrected chi connectivity index (χ1v) is 8.62. The molecule has 0 radical (unpaired) electrons. The van der Waals surface area contributed by atoms with Crippen molar-refractivity contribution in [3.63, 3.8) is 0 Å². The van der Waals surface area contributed by atoms with Gasteiger partial charge in [-0.05, 0) is 55.0 Å². The molecule has 0 aliphatic heterocycles. The number of hydrogen-bond acceptors (Lipinski definition) is 7. The van der Waals surface area contributed by atoms with Crippen molar-refractivity contribution >= 4 is 29.7 Å². The molecule has 0 spiro atoms. The molecule has 0 aromatic heterocycles. The van der Waals surface area contributed by atoms with Crippen molar-refractivity contribution in [3.8, 4) is 11.5 Å². The second kappa shape index (κ2) is 10.5. The molecule has 2 aromatic carbocycles. The van der Waals surface area contributed by atoms with Crippen LogP contribution in [0, 0.1) is 0 Å². The Kier molecular flexibility index (Phi) is 7.72. The molecule has 0 bridgehead atoms. The number of esters is 1. The Hall–Kier alpha value is -3.88. The zero-order valence-corrected chi connectivity index (χ0v) is 16.2. The fourth-order valence-corrected chi connectivity index (χ4v) is 2.25. The van der Waals surface area contributed by atoms with Gasteiger partial charge in [-0.1, -0.05) is 0 Å². The van der Waals surface area contributed by atoms with Crippen LogP contribution >= 0.6 is 0 Å².